The van der Waals surface area contributed by atoms with Crippen LogP contribution in [0.2, 0.25) is 0 Å². The van der Waals surface area contributed by atoms with Crippen LogP contribution in [0.25, 0.3) is 0 Å². The van der Waals surface area contributed by atoms with Crippen molar-refractivity contribution >= 4 is 27.8 Å². The molecule has 0 saturated heterocycles. The number of alkyl carbamates (subject to hydrolysis) is 1. The number of nitrogens with two attached hydrogens (primary N) is 1. The Hall–Kier alpha value is -3.60. The first-order valence-corrected chi connectivity index (χ1v) is 11.9. The van der Waals surface area contributed by atoms with E-state index in [-0.39, 0.29) is 16.2 Å². The highest BCUT2D eigenvalue weighted by molar-refractivity contribution is 7.90. The second kappa shape index (κ2) is 10.3. The van der Waals surface area contributed by atoms with Crippen LogP contribution >= 0.6 is 0 Å². The van der Waals surface area contributed by atoms with Crippen molar-refractivity contribution in [3.8, 4) is 11.5 Å². The van der Waals surface area contributed by atoms with Crippen molar-refractivity contribution in [1.82, 2.24) is 10.6 Å². The predicted molar refractivity (Wildman–Crippen MR) is 123 cm³/mol. The molecule has 5 N–H and O–H groups in total. The summed E-state index contributed by atoms with van der Waals surface area (Å²) in [5, 5.41) is 11.9. The Morgan fingerprint density at radius 3 is 2.27 bits per heavy atom. The van der Waals surface area contributed by atoms with Gasteiger partial charge in [0.05, 0.1) is 0 Å². The number of nitrogens with one attached hydrogen (secondary N) is 3. The van der Waals surface area contributed by atoms with Gasteiger partial charge in [-0.2, -0.15) is 0 Å². The molecule has 2 aromatic rings. The Bertz CT molecular complexity index is 1140. The fraction of sp³-hybridized carbons (Fsp3) is 0.318. The highest BCUT2D eigenvalue weighted by Gasteiger charge is 2.19. The lowest BCUT2D eigenvalue weighted by molar-refractivity contribution is 0.0528. The molecule has 0 aliphatic rings. The van der Waals surface area contributed by atoms with Crippen molar-refractivity contribution in [2.75, 3.05) is 12.8 Å². The van der Waals surface area contributed by atoms with Crippen molar-refractivity contribution in [2.24, 2.45) is 5.73 Å². The van der Waals surface area contributed by atoms with Crippen molar-refractivity contribution in [3.05, 3.63) is 53.6 Å². The lowest BCUT2D eigenvalue weighted by atomic mass is 10.1. The fourth-order valence-electron chi connectivity index (χ4n) is 2.69. The van der Waals surface area contributed by atoms with Crippen LogP contribution in [-0.2, 0) is 21.0 Å². The van der Waals surface area contributed by atoms with Gasteiger partial charge in [0.25, 0.3) is 5.91 Å². The third kappa shape index (κ3) is 8.45. The maximum absolute atomic E-state index is 12.2. The summed E-state index contributed by atoms with van der Waals surface area (Å²) in [6.07, 6.45) is 1.08. The van der Waals surface area contributed by atoms with Gasteiger partial charge in [0.1, 0.15) is 22.0 Å². The maximum Gasteiger partial charge on any atom is 0.407 e. The molecule has 11 heteroatoms. The molecule has 33 heavy (non-hydrogen) atoms. The Kier molecular flexibility index (Phi) is 8.04. The molecule has 2 rings (SSSR count). The molecule has 0 atom stereocenters. The highest BCUT2D eigenvalue weighted by Crippen LogP contribution is 2.30. The monoisotopic (exact) mass is 476 g/mol. The fourth-order valence-corrected chi connectivity index (χ4v) is 3.51. The predicted octanol–water partition coefficient (Wildman–Crippen LogP) is 2.57. The van der Waals surface area contributed by atoms with E-state index in [1.807, 2.05) is 0 Å². The number of hydrogen-bond donors (Lipinski definition) is 4. The summed E-state index contributed by atoms with van der Waals surface area (Å²) >= 11 is 0. The minimum atomic E-state index is -3.72. The zero-order valence-electron chi connectivity index (χ0n) is 18.9. The van der Waals surface area contributed by atoms with E-state index < -0.39 is 33.4 Å². The van der Waals surface area contributed by atoms with Crippen LogP contribution in [0.3, 0.4) is 0 Å². The molecule has 0 saturated carbocycles. The van der Waals surface area contributed by atoms with Crippen LogP contribution in [0.1, 0.15) is 36.7 Å². The number of carbonyl (C=O) groups excluding carboxylic acids is 2. The van der Waals surface area contributed by atoms with E-state index in [0.717, 1.165) is 11.8 Å². The quantitative estimate of drug-likeness (QED) is 0.353. The maximum atomic E-state index is 12.2. The molecule has 0 aliphatic carbocycles. The first kappa shape index (κ1) is 25.7. The van der Waals surface area contributed by atoms with E-state index in [1.54, 1.807) is 45.0 Å². The van der Waals surface area contributed by atoms with Gasteiger partial charge in [0, 0.05) is 18.4 Å². The highest BCUT2D eigenvalue weighted by atomic mass is 32.2. The number of ether oxygens (including phenoxy) is 2. The van der Waals surface area contributed by atoms with Crippen molar-refractivity contribution in [3.63, 3.8) is 0 Å². The summed E-state index contributed by atoms with van der Waals surface area (Å²) in [6, 6.07) is 10.8. The molecule has 0 fully saturated rings. The number of carbonyl (C=O) groups is 2. The van der Waals surface area contributed by atoms with E-state index in [0.29, 0.717) is 18.7 Å². The molecular weight excluding hydrogens is 448 g/mol. The van der Waals surface area contributed by atoms with E-state index >= 15 is 0 Å². The van der Waals surface area contributed by atoms with Gasteiger partial charge in [0.15, 0.2) is 15.8 Å². The molecule has 2 amide bonds. The number of hydrogen-bond acceptors (Lipinski definition) is 7. The molecule has 178 valence electrons. The molecule has 0 aliphatic heterocycles. The van der Waals surface area contributed by atoms with E-state index in [1.165, 1.54) is 18.2 Å². The topological polar surface area (TPSA) is 161 Å². The average molecular weight is 477 g/mol. The van der Waals surface area contributed by atoms with Crippen LogP contribution in [0, 0.1) is 5.41 Å². The van der Waals surface area contributed by atoms with Crippen LogP contribution < -0.4 is 21.1 Å². The van der Waals surface area contributed by atoms with Gasteiger partial charge in [-0.25, -0.2) is 13.2 Å². The minimum absolute atomic E-state index is 0.0193. The minimum Gasteiger partial charge on any atom is -0.456 e. The van der Waals surface area contributed by atoms with Crippen LogP contribution in [0.5, 0.6) is 11.5 Å². The molecule has 0 aromatic heterocycles. The van der Waals surface area contributed by atoms with Gasteiger partial charge in [-0.15, -0.1) is 0 Å². The summed E-state index contributed by atoms with van der Waals surface area (Å²) in [5.41, 5.74) is 5.53. The number of benzene rings is 2. The molecule has 0 spiro atoms. The Morgan fingerprint density at radius 2 is 1.73 bits per heavy atom. The SMILES string of the molecule is CC(C)(C)OC(=O)NCCc1ccc(Oc2ccc(C(=O)NC(=N)N)cc2S(C)(=O)=O)cc1. The van der Waals surface area contributed by atoms with Gasteiger partial charge in [0.2, 0.25) is 0 Å². The summed E-state index contributed by atoms with van der Waals surface area (Å²) in [5.74, 6) is -0.813. The molecule has 2 aromatic carbocycles. The van der Waals surface area contributed by atoms with Gasteiger partial charge in [-0.05, 0) is 63.1 Å². The first-order valence-electron chi connectivity index (χ1n) is 9.98. The average Bonchev–Trinajstić information content (AvgIpc) is 2.67. The van der Waals surface area contributed by atoms with E-state index in [2.05, 4.69) is 10.6 Å². The first-order chi connectivity index (χ1) is 15.2. The van der Waals surface area contributed by atoms with Crippen LogP contribution in [0.4, 0.5) is 4.79 Å². The molecule has 0 heterocycles. The molecule has 10 nitrogen and oxygen atoms in total. The zero-order valence-corrected chi connectivity index (χ0v) is 19.7. The lowest BCUT2D eigenvalue weighted by Crippen LogP contribution is -2.35. The molecular formula is C22H28N4O6S. The number of rotatable bonds is 7. The second-order valence-electron chi connectivity index (χ2n) is 8.23. The number of amides is 2. The third-order valence-corrected chi connectivity index (χ3v) is 5.20. The van der Waals surface area contributed by atoms with Gasteiger partial charge in [-0.3, -0.25) is 15.5 Å². The zero-order chi connectivity index (χ0) is 24.8. The lowest BCUT2D eigenvalue weighted by Gasteiger charge is -2.19. The summed E-state index contributed by atoms with van der Waals surface area (Å²) < 4.78 is 35.4. The Morgan fingerprint density at radius 1 is 1.09 bits per heavy atom. The summed E-state index contributed by atoms with van der Waals surface area (Å²) in [4.78, 5) is 23.6. The van der Waals surface area contributed by atoms with Crippen molar-refractivity contribution in [2.45, 2.75) is 37.7 Å². The molecule has 0 unspecified atom stereocenters. The summed E-state index contributed by atoms with van der Waals surface area (Å²) in [6.45, 7) is 5.75. The Labute approximate surface area is 192 Å². The molecule has 0 bridgehead atoms. The van der Waals surface area contributed by atoms with Crippen LogP contribution in [-0.4, -0.2) is 44.8 Å². The van der Waals surface area contributed by atoms with E-state index in [4.69, 9.17) is 20.6 Å². The Balaban J connectivity index is 2.08. The standard InChI is InChI=1S/C22H28N4O6S/c1-22(2,3)32-21(28)25-12-11-14-5-8-16(9-6-14)31-17-10-7-15(19(27)26-20(23)24)13-18(17)33(4,29)30/h5-10,13H,11-12H2,1-4H3,(H,25,28)(H4,23,24,26,27). The summed E-state index contributed by atoms with van der Waals surface area (Å²) in [7, 11) is -3.72. The van der Waals surface area contributed by atoms with Gasteiger partial charge >= 0.3 is 6.09 Å². The van der Waals surface area contributed by atoms with Crippen molar-refractivity contribution in [1.29, 1.82) is 5.41 Å². The van der Waals surface area contributed by atoms with Crippen molar-refractivity contribution < 1.29 is 27.5 Å². The van der Waals surface area contributed by atoms with E-state index in [9.17, 15) is 18.0 Å². The number of sulfone groups is 1. The second-order valence-corrected chi connectivity index (χ2v) is 10.2. The smallest absolute Gasteiger partial charge is 0.407 e. The largest absolute Gasteiger partial charge is 0.456 e. The third-order valence-electron chi connectivity index (χ3n) is 4.09. The normalized spacial score (nSPS) is 11.4. The number of guanidine groups is 1. The molecule has 0 radical (unpaired) electrons. The van der Waals surface area contributed by atoms with Gasteiger partial charge in [-0.1, -0.05) is 12.1 Å². The van der Waals surface area contributed by atoms with Crippen LogP contribution in [0.15, 0.2) is 47.4 Å². The van der Waals surface area contributed by atoms with Gasteiger partial charge < -0.3 is 20.5 Å².